The molecule has 1 aliphatic rings. The Morgan fingerprint density at radius 2 is 1.60 bits per heavy atom. The largest absolute Gasteiger partial charge is 0.368 e. The van der Waals surface area contributed by atoms with E-state index in [-0.39, 0.29) is 11.9 Å². The lowest BCUT2D eigenvalue weighted by atomic mass is 9.93. The lowest BCUT2D eigenvalue weighted by Crippen LogP contribution is -2.48. The Kier molecular flexibility index (Phi) is 4.73. The van der Waals surface area contributed by atoms with Gasteiger partial charge in [0.05, 0.1) is 23.8 Å². The number of benzene rings is 3. The number of carbonyl (C=O) groups excluding carboxylic acids is 1. The third-order valence-corrected chi connectivity index (χ3v) is 5.72. The molecule has 3 aromatic carbocycles. The quantitative estimate of drug-likeness (QED) is 0.573. The topological polar surface area (TPSA) is 72.1 Å². The Morgan fingerprint density at radius 3 is 2.40 bits per heavy atom. The van der Waals surface area contributed by atoms with Crippen molar-refractivity contribution in [2.45, 2.75) is 25.6 Å². The molecule has 0 fully saturated rings. The standard InChI is InChI=1S/C25H22N4O/c26-25(30)22-14-18-10-4-5-11-19(18)15-29(22)16-23-27-21-13-7-6-12-20(21)24(28-23)17-8-2-1-3-9-17/h1-13,22H,14-16H2,(H2,26,30). The number of nitrogens with zero attached hydrogens (tertiary/aromatic N) is 3. The molecule has 5 nitrogen and oxygen atoms in total. The fourth-order valence-electron chi connectivity index (χ4n) is 4.22. The van der Waals surface area contributed by atoms with Crippen molar-refractivity contribution in [2.75, 3.05) is 0 Å². The van der Waals surface area contributed by atoms with E-state index in [1.165, 1.54) is 11.1 Å². The van der Waals surface area contributed by atoms with E-state index < -0.39 is 0 Å². The molecule has 1 unspecified atom stereocenters. The van der Waals surface area contributed by atoms with Crippen LogP contribution in [0.4, 0.5) is 0 Å². The monoisotopic (exact) mass is 394 g/mol. The van der Waals surface area contributed by atoms with Crippen molar-refractivity contribution >= 4 is 16.8 Å². The summed E-state index contributed by atoms with van der Waals surface area (Å²) in [7, 11) is 0. The highest BCUT2D eigenvalue weighted by atomic mass is 16.1. The van der Waals surface area contributed by atoms with Gasteiger partial charge in [-0.1, -0.05) is 72.8 Å². The minimum Gasteiger partial charge on any atom is -0.368 e. The van der Waals surface area contributed by atoms with Crippen molar-refractivity contribution in [3.8, 4) is 11.3 Å². The molecular formula is C25H22N4O. The molecular weight excluding hydrogens is 372 g/mol. The summed E-state index contributed by atoms with van der Waals surface area (Å²) >= 11 is 0. The second kappa shape index (κ2) is 7.69. The molecule has 1 amide bonds. The van der Waals surface area contributed by atoms with Crippen molar-refractivity contribution in [3.05, 3.63) is 95.8 Å². The van der Waals surface area contributed by atoms with E-state index in [2.05, 4.69) is 29.2 Å². The number of primary amides is 1. The van der Waals surface area contributed by atoms with Crippen LogP contribution in [0.2, 0.25) is 0 Å². The maximum Gasteiger partial charge on any atom is 0.235 e. The fourth-order valence-corrected chi connectivity index (χ4v) is 4.22. The zero-order chi connectivity index (χ0) is 20.5. The molecule has 148 valence electrons. The minimum absolute atomic E-state index is 0.312. The molecule has 1 aromatic heterocycles. The molecule has 0 saturated carbocycles. The second-order valence-electron chi connectivity index (χ2n) is 7.67. The molecule has 0 spiro atoms. The molecule has 5 heteroatoms. The summed E-state index contributed by atoms with van der Waals surface area (Å²) in [5.41, 5.74) is 11.0. The predicted octanol–water partition coefficient (Wildman–Crippen LogP) is 3.71. The van der Waals surface area contributed by atoms with Crippen LogP contribution < -0.4 is 5.73 Å². The predicted molar refractivity (Wildman–Crippen MR) is 117 cm³/mol. The Hall–Kier alpha value is -3.57. The molecule has 0 saturated heterocycles. The van der Waals surface area contributed by atoms with Gasteiger partial charge in [0.15, 0.2) is 0 Å². The summed E-state index contributed by atoms with van der Waals surface area (Å²) in [6, 6.07) is 26.0. The maximum absolute atomic E-state index is 12.2. The zero-order valence-corrected chi connectivity index (χ0v) is 16.5. The normalized spacial score (nSPS) is 16.3. The van der Waals surface area contributed by atoms with Crippen molar-refractivity contribution < 1.29 is 4.79 Å². The summed E-state index contributed by atoms with van der Waals surface area (Å²) in [6.45, 7) is 1.12. The van der Waals surface area contributed by atoms with Crippen LogP contribution in [0.25, 0.3) is 22.2 Å². The van der Waals surface area contributed by atoms with Gasteiger partial charge in [0, 0.05) is 17.5 Å². The van der Waals surface area contributed by atoms with E-state index in [0.29, 0.717) is 25.3 Å². The van der Waals surface area contributed by atoms with Crippen molar-refractivity contribution in [1.29, 1.82) is 0 Å². The number of fused-ring (bicyclic) bond motifs is 2. The smallest absolute Gasteiger partial charge is 0.235 e. The van der Waals surface area contributed by atoms with Gasteiger partial charge >= 0.3 is 0 Å². The summed E-state index contributed by atoms with van der Waals surface area (Å²) in [6.07, 6.45) is 0.616. The highest BCUT2D eigenvalue weighted by Gasteiger charge is 2.30. The molecule has 1 atom stereocenters. The van der Waals surface area contributed by atoms with Crippen molar-refractivity contribution in [1.82, 2.24) is 14.9 Å². The number of nitrogens with two attached hydrogens (primary N) is 1. The number of aromatic nitrogens is 2. The van der Waals surface area contributed by atoms with Crippen LogP contribution in [0.3, 0.4) is 0 Å². The van der Waals surface area contributed by atoms with Gasteiger partial charge in [-0.15, -0.1) is 0 Å². The van der Waals surface area contributed by atoms with Crippen LogP contribution in [0.5, 0.6) is 0 Å². The highest BCUT2D eigenvalue weighted by molar-refractivity contribution is 5.92. The molecule has 5 rings (SSSR count). The van der Waals surface area contributed by atoms with Gasteiger partial charge in [-0.3, -0.25) is 9.69 Å². The lowest BCUT2D eigenvalue weighted by molar-refractivity contribution is -0.124. The number of hydrogen-bond acceptors (Lipinski definition) is 4. The van der Waals surface area contributed by atoms with E-state index in [9.17, 15) is 4.79 Å². The average Bonchev–Trinajstić information content (AvgIpc) is 2.78. The van der Waals surface area contributed by atoms with E-state index in [4.69, 9.17) is 15.7 Å². The van der Waals surface area contributed by atoms with Gasteiger partial charge in [-0.05, 0) is 23.6 Å². The molecule has 30 heavy (non-hydrogen) atoms. The first kappa shape index (κ1) is 18.5. The molecule has 0 radical (unpaired) electrons. The Morgan fingerprint density at radius 1 is 0.900 bits per heavy atom. The first-order chi connectivity index (χ1) is 14.7. The van der Waals surface area contributed by atoms with Crippen LogP contribution in [0.1, 0.15) is 17.0 Å². The minimum atomic E-state index is -0.366. The van der Waals surface area contributed by atoms with Crippen LogP contribution in [-0.2, 0) is 24.3 Å². The maximum atomic E-state index is 12.2. The van der Waals surface area contributed by atoms with Crippen LogP contribution >= 0.6 is 0 Å². The number of para-hydroxylation sites is 1. The summed E-state index contributed by atoms with van der Waals surface area (Å²) in [5.74, 6) is 0.381. The third-order valence-electron chi connectivity index (χ3n) is 5.72. The van der Waals surface area contributed by atoms with E-state index in [1.54, 1.807) is 0 Å². The molecule has 4 aromatic rings. The first-order valence-electron chi connectivity index (χ1n) is 10.1. The lowest BCUT2D eigenvalue weighted by Gasteiger charge is -2.34. The molecule has 0 aliphatic carbocycles. The fraction of sp³-hybridized carbons (Fsp3) is 0.160. The van der Waals surface area contributed by atoms with Crippen LogP contribution in [0, 0.1) is 0 Å². The van der Waals surface area contributed by atoms with Crippen molar-refractivity contribution in [3.63, 3.8) is 0 Å². The number of amides is 1. The summed E-state index contributed by atoms with van der Waals surface area (Å²) < 4.78 is 0. The molecule has 2 heterocycles. The van der Waals surface area contributed by atoms with Gasteiger partial charge in [-0.25, -0.2) is 9.97 Å². The Balaban J connectivity index is 1.56. The molecule has 2 N–H and O–H groups in total. The molecule has 0 bridgehead atoms. The Bertz CT molecular complexity index is 1220. The van der Waals surface area contributed by atoms with Gasteiger partial charge in [0.25, 0.3) is 0 Å². The third kappa shape index (κ3) is 3.44. The summed E-state index contributed by atoms with van der Waals surface area (Å²) in [4.78, 5) is 24.0. The number of carbonyl (C=O) groups is 1. The van der Waals surface area contributed by atoms with Crippen LogP contribution in [-0.4, -0.2) is 26.8 Å². The van der Waals surface area contributed by atoms with Crippen LogP contribution in [0.15, 0.2) is 78.9 Å². The summed E-state index contributed by atoms with van der Waals surface area (Å²) in [5, 5.41) is 1.02. The SMILES string of the molecule is NC(=O)C1Cc2ccccc2CN1Cc1nc(-c2ccccc2)c2ccccc2n1. The zero-order valence-electron chi connectivity index (χ0n) is 16.5. The number of rotatable bonds is 4. The van der Waals surface area contributed by atoms with E-state index in [1.807, 2.05) is 54.6 Å². The average molecular weight is 394 g/mol. The van der Waals surface area contributed by atoms with E-state index in [0.717, 1.165) is 22.2 Å². The Labute approximate surface area is 175 Å². The van der Waals surface area contributed by atoms with Gasteiger partial charge in [0.1, 0.15) is 5.82 Å². The van der Waals surface area contributed by atoms with Gasteiger partial charge in [0.2, 0.25) is 5.91 Å². The molecule has 1 aliphatic heterocycles. The van der Waals surface area contributed by atoms with Gasteiger partial charge in [-0.2, -0.15) is 0 Å². The van der Waals surface area contributed by atoms with E-state index >= 15 is 0 Å². The second-order valence-corrected chi connectivity index (χ2v) is 7.67. The van der Waals surface area contributed by atoms with Crippen molar-refractivity contribution in [2.24, 2.45) is 5.73 Å². The number of hydrogen-bond donors (Lipinski definition) is 1. The highest BCUT2D eigenvalue weighted by Crippen LogP contribution is 2.28. The van der Waals surface area contributed by atoms with Gasteiger partial charge < -0.3 is 5.73 Å². The first-order valence-corrected chi connectivity index (χ1v) is 10.1.